The summed E-state index contributed by atoms with van der Waals surface area (Å²) in [6.07, 6.45) is -1.60. The van der Waals surface area contributed by atoms with Crippen molar-refractivity contribution in [3.05, 3.63) is 0 Å². The van der Waals surface area contributed by atoms with Gasteiger partial charge in [-0.25, -0.2) is 0 Å². The predicted molar refractivity (Wildman–Crippen MR) is 307 cm³/mol. The van der Waals surface area contributed by atoms with Gasteiger partial charge in [-0.3, -0.25) is 47.9 Å². The lowest BCUT2D eigenvalue weighted by molar-refractivity contribution is -0.152. The van der Waals surface area contributed by atoms with Crippen LogP contribution in [0.5, 0.6) is 0 Å². The molecule has 0 aromatic heterocycles. The summed E-state index contributed by atoms with van der Waals surface area (Å²) in [5, 5.41) is 45.2. The van der Waals surface area contributed by atoms with Gasteiger partial charge in [0, 0.05) is 62.4 Å². The second kappa shape index (κ2) is 38.3. The smallest absolute Gasteiger partial charge is 0.242 e. The van der Waals surface area contributed by atoms with Gasteiger partial charge in [0.05, 0.1) is 63.7 Å². The number of hydrogen-bond acceptors (Lipinski definition) is 15. The van der Waals surface area contributed by atoms with E-state index in [2.05, 4.69) is 5.32 Å². The molecule has 0 aliphatic rings. The molecule has 0 aliphatic carbocycles. The molecule has 0 heterocycles. The molecule has 0 spiro atoms. The van der Waals surface area contributed by atoms with Crippen LogP contribution in [-0.2, 0) is 47.9 Å². The number of aliphatic hydroxyl groups is 4. The molecule has 7 N–H and O–H groups in total. The normalized spacial score (nSPS) is 15.0. The topological polar surface area (TPSA) is 319 Å². The quantitative estimate of drug-likeness (QED) is 0.0464. The number of hydrogen-bond donors (Lipinski definition) is 6. The van der Waals surface area contributed by atoms with Gasteiger partial charge in [-0.1, -0.05) is 41.5 Å². The van der Waals surface area contributed by atoms with Crippen molar-refractivity contribution < 1.29 is 68.4 Å². The standard InChI is InChI=1S/C56H105N11O14/c1-17-37(7)58-23-48(73)64(39(9)19-3)33-51(76)59(24-43(13)68)29-49(74)62(27-46(16)71)32-54(79)67(42(12)22-6)36-56(81)65(40(10)20-4)34-52(77)60(25-44(14)69)30-50(75)61(26-45(15)70)31-53(78)66(41(11)21-5)35-55(80)63(28-47(57)72)38(8)18-2/h37-46,58,68-71H,17-36H2,1-16H3,(H2,57,72)/t37-,38+,39+,40+,41-,42-,43+,44+,45+,46+/m1/s1. The summed E-state index contributed by atoms with van der Waals surface area (Å²) in [4.78, 5) is 149. The van der Waals surface area contributed by atoms with Crippen LogP contribution < -0.4 is 11.1 Å². The van der Waals surface area contributed by atoms with Gasteiger partial charge in [-0.2, -0.15) is 0 Å². The van der Waals surface area contributed by atoms with Crippen LogP contribution in [0.25, 0.3) is 0 Å². The van der Waals surface area contributed by atoms with E-state index in [-0.39, 0.29) is 69.8 Å². The Morgan fingerprint density at radius 1 is 0.321 bits per heavy atom. The molecule has 25 nitrogen and oxygen atoms in total. The molecule has 0 aromatic rings. The van der Waals surface area contributed by atoms with Gasteiger partial charge in [0.25, 0.3) is 0 Å². The zero-order chi connectivity index (χ0) is 62.6. The summed E-state index contributed by atoms with van der Waals surface area (Å²) < 4.78 is 0. The van der Waals surface area contributed by atoms with Crippen molar-refractivity contribution in [2.45, 2.75) is 210 Å². The van der Waals surface area contributed by atoms with E-state index in [1.54, 1.807) is 55.4 Å². The molecule has 0 aliphatic heterocycles. The molecule has 81 heavy (non-hydrogen) atoms. The highest BCUT2D eigenvalue weighted by molar-refractivity contribution is 5.94. The Bertz CT molecular complexity index is 2010. The van der Waals surface area contributed by atoms with E-state index in [0.717, 1.165) is 26.0 Å². The lowest BCUT2D eigenvalue weighted by Crippen LogP contribution is -2.56. The van der Waals surface area contributed by atoms with Crippen LogP contribution in [0.3, 0.4) is 0 Å². The first-order valence-corrected chi connectivity index (χ1v) is 29.1. The maximum Gasteiger partial charge on any atom is 0.242 e. The van der Waals surface area contributed by atoms with Crippen molar-refractivity contribution in [2.24, 2.45) is 5.73 Å². The molecular weight excluding hydrogens is 1050 g/mol. The largest absolute Gasteiger partial charge is 0.392 e. The highest BCUT2D eigenvalue weighted by Gasteiger charge is 2.35. The molecule has 0 saturated heterocycles. The van der Waals surface area contributed by atoms with Crippen LogP contribution in [0.2, 0.25) is 0 Å². The van der Waals surface area contributed by atoms with E-state index in [4.69, 9.17) is 5.73 Å². The van der Waals surface area contributed by atoms with E-state index >= 15 is 0 Å². The number of carbonyl (C=O) groups excluding carboxylic acids is 10. The number of nitrogens with two attached hydrogens (primary N) is 1. The number of aliphatic hydroxyl groups excluding tert-OH is 4. The van der Waals surface area contributed by atoms with Crippen molar-refractivity contribution in [3.63, 3.8) is 0 Å². The maximum atomic E-state index is 14.5. The summed E-state index contributed by atoms with van der Waals surface area (Å²) in [7, 11) is 0. The lowest BCUT2D eigenvalue weighted by Gasteiger charge is -2.36. The second-order valence-electron chi connectivity index (χ2n) is 22.0. The van der Waals surface area contributed by atoms with Crippen LogP contribution in [0.4, 0.5) is 0 Å². The van der Waals surface area contributed by atoms with Gasteiger partial charge < -0.3 is 75.6 Å². The van der Waals surface area contributed by atoms with Crippen molar-refractivity contribution in [1.82, 2.24) is 49.4 Å². The zero-order valence-electron chi connectivity index (χ0n) is 51.9. The summed E-state index contributed by atoms with van der Waals surface area (Å²) in [6, 6.07) is -2.37. The number of nitrogens with zero attached hydrogens (tertiary/aromatic N) is 9. The Hall–Kier alpha value is -5.50. The van der Waals surface area contributed by atoms with Crippen molar-refractivity contribution >= 4 is 59.1 Å². The van der Waals surface area contributed by atoms with Gasteiger partial charge in [-0.05, 0) is 108 Å². The Morgan fingerprint density at radius 2 is 0.531 bits per heavy atom. The fourth-order valence-electron chi connectivity index (χ4n) is 8.52. The Kier molecular flexibility index (Phi) is 35.7. The molecule has 0 saturated carbocycles. The monoisotopic (exact) mass is 1160 g/mol. The van der Waals surface area contributed by atoms with Crippen molar-refractivity contribution in [1.29, 1.82) is 0 Å². The summed E-state index contributed by atoms with van der Waals surface area (Å²) in [6.45, 7) is 21.0. The molecule has 468 valence electrons. The van der Waals surface area contributed by atoms with Gasteiger partial charge in [0.2, 0.25) is 59.1 Å². The molecule has 10 atom stereocenters. The molecule has 0 aromatic carbocycles. The van der Waals surface area contributed by atoms with Gasteiger partial charge in [0.1, 0.15) is 26.2 Å². The van der Waals surface area contributed by atoms with Crippen molar-refractivity contribution in [2.75, 3.05) is 91.6 Å². The van der Waals surface area contributed by atoms with Crippen LogP contribution in [0.1, 0.15) is 149 Å². The molecule has 0 unspecified atom stereocenters. The minimum Gasteiger partial charge on any atom is -0.392 e. The number of amides is 10. The Morgan fingerprint density at radius 3 is 0.765 bits per heavy atom. The maximum absolute atomic E-state index is 14.5. The van der Waals surface area contributed by atoms with Crippen LogP contribution in [0, 0.1) is 0 Å². The molecule has 0 bridgehead atoms. The second-order valence-corrected chi connectivity index (χ2v) is 22.0. The van der Waals surface area contributed by atoms with Crippen LogP contribution >= 0.6 is 0 Å². The minimum atomic E-state index is -1.17. The Labute approximate surface area is 482 Å². The van der Waals surface area contributed by atoms with Gasteiger partial charge in [0.15, 0.2) is 0 Å². The third-order valence-corrected chi connectivity index (χ3v) is 14.6. The summed E-state index contributed by atoms with van der Waals surface area (Å²) in [5.74, 6) is -6.53. The van der Waals surface area contributed by atoms with E-state index < -0.39 is 142 Å². The number of primary amides is 1. The Balaban J connectivity index is 6.88. The fraction of sp³-hybridized carbons (Fsp3) is 0.821. The summed E-state index contributed by atoms with van der Waals surface area (Å²) >= 11 is 0. The van der Waals surface area contributed by atoms with E-state index in [1.165, 1.54) is 52.2 Å². The number of nitrogens with one attached hydrogen (secondary N) is 1. The fourth-order valence-corrected chi connectivity index (χ4v) is 8.52. The van der Waals surface area contributed by atoms with Gasteiger partial charge in [-0.15, -0.1) is 0 Å². The first kappa shape index (κ1) is 75.5. The molecule has 0 radical (unpaired) electrons. The number of carbonyl (C=O) groups is 10. The van der Waals surface area contributed by atoms with E-state index in [9.17, 15) is 68.4 Å². The van der Waals surface area contributed by atoms with Crippen LogP contribution in [-0.4, -0.2) is 276 Å². The first-order chi connectivity index (χ1) is 37.7. The molecule has 0 rings (SSSR count). The van der Waals surface area contributed by atoms with Crippen molar-refractivity contribution in [3.8, 4) is 0 Å². The minimum absolute atomic E-state index is 0.0168. The molecular formula is C56H105N11O14. The molecule has 25 heteroatoms. The third kappa shape index (κ3) is 27.4. The zero-order valence-corrected chi connectivity index (χ0v) is 51.9. The molecule has 0 fully saturated rings. The highest BCUT2D eigenvalue weighted by atomic mass is 16.3. The average molecular weight is 1160 g/mol. The SMILES string of the molecule is CC[C@@H](C)NCC(=O)N(CC(=O)N(CC(=O)N(CC(=O)N(CC(=O)N(CC(=O)N(CC(=O)N(CC(=O)N(CC(=O)N(CC(N)=O)[C@@H](C)CC)[C@H](C)CC)C[C@H](C)O)C[C@H](C)O)[C@@H](C)CC)[C@H](C)CC)C[C@H](C)O)C[C@H](C)O)[C@@H](C)CC. The number of rotatable bonds is 40. The lowest BCUT2D eigenvalue weighted by atomic mass is 10.1. The third-order valence-electron chi connectivity index (χ3n) is 14.6. The van der Waals surface area contributed by atoms with E-state index in [1.807, 2.05) is 27.7 Å². The first-order valence-electron chi connectivity index (χ1n) is 29.1. The average Bonchev–Trinajstić information content (AvgIpc) is 3.39. The highest BCUT2D eigenvalue weighted by Crippen LogP contribution is 2.15. The van der Waals surface area contributed by atoms with E-state index in [0.29, 0.717) is 32.1 Å². The van der Waals surface area contributed by atoms with Gasteiger partial charge >= 0.3 is 0 Å². The predicted octanol–water partition coefficient (Wildman–Crippen LogP) is -0.167. The van der Waals surface area contributed by atoms with Crippen LogP contribution in [0.15, 0.2) is 0 Å². The summed E-state index contributed by atoms with van der Waals surface area (Å²) in [5.41, 5.74) is 5.44. The molecule has 10 amide bonds.